The molecule has 0 unspecified atom stereocenters. The lowest BCUT2D eigenvalue weighted by molar-refractivity contribution is -0.162. The molecule has 11 amide bonds. The molecule has 38 nitrogen and oxygen atoms in total. The number of nitrogens with zero attached hydrogens (tertiary/aromatic N) is 7. The molecule has 10 rings (SSSR count). The van der Waals surface area contributed by atoms with E-state index in [4.69, 9.17) is 30.2 Å². The number of hydrogen-bond donors (Lipinski definition) is 16. The largest absolute Gasteiger partial charge is 0.460 e. The van der Waals surface area contributed by atoms with Crippen molar-refractivity contribution in [2.24, 2.45) is 16.6 Å². The standard InChI is InChI=1S/C74H85N19O19S5/c1-15-27(3)49-65(107)80-31(7)59(101)77-29(5)58(100)78-32(8)60(102)93-74-20-19-42(68-87-45(23-114-68)61(103)79-30(6)57(99)76-28(4)56(75)98)83-54(74)44-22-115-69(85-44)51(35(11)111-71(109)43-21-39(33(9)94)38-17-18-41(81-49)53(97)52(38)82-43)91-62(104)46-25-116-70(88-46)55(73(14,110)36(12)112-37(13)96)92-64(106)47-24-113-67(86-47)40(16-2)84-66(108)50(34(10)95)90-63(105)48-26-117-72(74)89-48/h16-18,21-27,31-36,41,49-51,53-55,81,94-95,97,110H,4-6,15,19-20H2,1-3,7-14H3,(H2,75,98)(H,76,99)(H,77,101)(H,78,100)(H,79,103)(H,80,107)(H,84,108)(H,90,105)(H,91,104)(H,92,106)(H,93,102)/b40-16-/t27-,31-,32-,33-,34+,35+,36+,41+,49-,50-,51-,53-,54+,55+,73+,74+/m0/s1. The number of cyclic esters (lactones) is 1. The normalized spacial score (nSPS) is 25.2. The number of nitrogens with one attached hydrogen (secondary N) is 11. The fourth-order valence-electron chi connectivity index (χ4n) is 12.5. The molecular formula is C74H85N19O19S5. The molecular weight excluding hydrogens is 1620 g/mol. The van der Waals surface area contributed by atoms with Gasteiger partial charge in [-0.15, -0.1) is 56.7 Å². The number of primary amides is 1. The Morgan fingerprint density at radius 3 is 2.07 bits per heavy atom. The number of aliphatic hydroxyl groups excluding tert-OH is 3. The summed E-state index contributed by atoms with van der Waals surface area (Å²) in [5.41, 5.74) is -2.32. The fourth-order valence-corrected chi connectivity index (χ4v) is 17.1. The lowest BCUT2D eigenvalue weighted by atomic mass is 9.80. The predicted molar refractivity (Wildman–Crippen MR) is 425 cm³/mol. The number of carbonyl (C=O) groups excluding carboxylic acids is 13. The van der Waals surface area contributed by atoms with Crippen molar-refractivity contribution in [1.29, 1.82) is 0 Å². The van der Waals surface area contributed by atoms with Crippen LogP contribution >= 0.6 is 56.7 Å². The molecule has 620 valence electrons. The molecule has 6 aromatic rings. The molecule has 0 saturated heterocycles. The average Bonchev–Trinajstić information content (AvgIpc) is 1.41. The second kappa shape index (κ2) is 36.4. The van der Waals surface area contributed by atoms with Gasteiger partial charge in [-0.2, -0.15) is 0 Å². The van der Waals surface area contributed by atoms with Crippen LogP contribution in [0.15, 0.2) is 86.9 Å². The molecule has 0 fully saturated rings. The highest BCUT2D eigenvalue weighted by Crippen LogP contribution is 2.48. The van der Waals surface area contributed by atoms with Gasteiger partial charge >= 0.3 is 11.9 Å². The van der Waals surface area contributed by atoms with E-state index in [9.17, 15) is 68.4 Å². The quantitative estimate of drug-likeness (QED) is 0.0581. The highest BCUT2D eigenvalue weighted by Gasteiger charge is 2.51. The molecule has 3 aliphatic heterocycles. The van der Waals surface area contributed by atoms with Crippen LogP contribution in [0.2, 0.25) is 0 Å². The van der Waals surface area contributed by atoms with E-state index in [1.54, 1.807) is 13.8 Å². The number of aliphatic imine (C=N–C) groups is 1. The fraction of sp³-hybridized carbons (Fsp3) is 0.405. The molecule has 9 heterocycles. The third-order valence-electron chi connectivity index (χ3n) is 19.6. The van der Waals surface area contributed by atoms with E-state index in [1.165, 1.54) is 107 Å². The maximum Gasteiger partial charge on any atom is 0.357 e. The molecule has 0 saturated carbocycles. The number of pyridine rings is 1. The zero-order valence-electron chi connectivity index (χ0n) is 64.7. The number of aliphatic hydroxyl groups is 4. The van der Waals surface area contributed by atoms with E-state index in [0.29, 0.717) is 6.42 Å². The van der Waals surface area contributed by atoms with Gasteiger partial charge < -0.3 is 88.8 Å². The van der Waals surface area contributed by atoms with Crippen molar-refractivity contribution < 1.29 is 92.2 Å². The zero-order valence-corrected chi connectivity index (χ0v) is 68.8. The van der Waals surface area contributed by atoms with Gasteiger partial charge in [0.15, 0.2) is 0 Å². The number of rotatable bonds is 13. The second-order valence-corrected chi connectivity index (χ2v) is 32.5. The summed E-state index contributed by atoms with van der Waals surface area (Å²) in [5, 5.41) is 82.6. The summed E-state index contributed by atoms with van der Waals surface area (Å²) in [6.07, 6.45) is -3.17. The van der Waals surface area contributed by atoms with Crippen molar-refractivity contribution in [3.8, 4) is 0 Å². The summed E-state index contributed by atoms with van der Waals surface area (Å²) in [5.74, 6) is -13.3. The summed E-state index contributed by atoms with van der Waals surface area (Å²) in [6, 6.07) is -10.6. The Bertz CT molecular complexity index is 5130. The Morgan fingerprint density at radius 2 is 1.39 bits per heavy atom. The van der Waals surface area contributed by atoms with Crippen LogP contribution < -0.4 is 64.2 Å². The number of fused-ring (bicyclic) bond motifs is 8. The van der Waals surface area contributed by atoms with Gasteiger partial charge in [-0.3, -0.25) is 67.8 Å². The molecule has 0 radical (unpaired) electrons. The SMILES string of the molecule is C=C(NC(=O)C(=C)NC(=O)c1csc(C2=N[C@@H]3c4csc(n4)[C@H]4NC(=O)c5csc(n5)[C@H]([C@](C)(O)[C@@H](C)OC(C)=O)NC(=O)c5csc(n5)/C(=C/C)NC(=O)[C@H]([C@@H](C)O)NC(=O)c5csc(n5)[C@]3(CC2)NC(=O)[C@H](C)NC(=O)C(=C)NC(=O)[C@H](C)NC(=O)[C@H]([C@@H](C)CC)N[C@@H]2C=Cc3c([C@H](C)O)cc(nc3[C@H]2O)C(=O)O[C@@H]4C)n1)C(N)=O. The van der Waals surface area contributed by atoms with Crippen LogP contribution in [0.25, 0.3) is 11.8 Å². The number of esters is 2. The molecule has 0 spiro atoms. The lowest BCUT2D eigenvalue weighted by Crippen LogP contribution is -2.57. The number of carbonyl (C=O) groups is 13. The van der Waals surface area contributed by atoms with E-state index >= 15 is 14.4 Å². The predicted octanol–water partition coefficient (Wildman–Crippen LogP) is 2.06. The number of ether oxygens (including phenoxy) is 2. The number of hydrogen-bond acceptors (Lipinski definition) is 32. The first-order valence-corrected chi connectivity index (χ1v) is 40.7. The van der Waals surface area contributed by atoms with Crippen molar-refractivity contribution in [1.82, 2.24) is 88.4 Å². The summed E-state index contributed by atoms with van der Waals surface area (Å²) in [6.45, 7) is 26.0. The minimum absolute atomic E-state index is 0.00520. The Balaban J connectivity index is 1.19. The highest BCUT2D eigenvalue weighted by molar-refractivity contribution is 7.12. The van der Waals surface area contributed by atoms with Gasteiger partial charge in [-0.25, -0.2) is 34.7 Å². The van der Waals surface area contributed by atoms with Crippen LogP contribution in [0.5, 0.6) is 0 Å². The molecule has 4 aliphatic rings. The minimum Gasteiger partial charge on any atom is -0.460 e. The third kappa shape index (κ3) is 19.5. The topological polar surface area (TPSA) is 569 Å². The van der Waals surface area contributed by atoms with Crippen LogP contribution in [-0.2, 0) is 53.4 Å². The van der Waals surface area contributed by atoms with Gasteiger partial charge in [0.25, 0.3) is 41.4 Å². The van der Waals surface area contributed by atoms with Crippen molar-refractivity contribution >= 4 is 151 Å². The average molecular weight is 1700 g/mol. The van der Waals surface area contributed by atoms with Gasteiger partial charge in [0, 0.05) is 39.4 Å². The maximum absolute atomic E-state index is 15.4. The molecule has 117 heavy (non-hydrogen) atoms. The number of allylic oxidation sites excluding steroid dienone is 1. The van der Waals surface area contributed by atoms with E-state index < -0.39 is 201 Å². The highest BCUT2D eigenvalue weighted by atomic mass is 32.1. The maximum atomic E-state index is 15.4. The van der Waals surface area contributed by atoms with Gasteiger partial charge in [0.1, 0.15) is 119 Å². The van der Waals surface area contributed by atoms with E-state index in [2.05, 4.69) is 98.2 Å². The van der Waals surface area contributed by atoms with Crippen LogP contribution in [0, 0.1) is 5.92 Å². The van der Waals surface area contributed by atoms with Gasteiger partial charge in [0.05, 0.1) is 64.2 Å². The number of aromatic nitrogens is 6. The van der Waals surface area contributed by atoms with E-state index in [1.807, 2.05) is 0 Å². The van der Waals surface area contributed by atoms with Crippen molar-refractivity contribution in [2.45, 2.75) is 185 Å². The van der Waals surface area contributed by atoms with Crippen molar-refractivity contribution in [3.63, 3.8) is 0 Å². The minimum atomic E-state index is -2.24. The number of nitrogens with two attached hydrogens (primary N) is 1. The number of amides is 11. The van der Waals surface area contributed by atoms with Crippen molar-refractivity contribution in [3.05, 3.63) is 158 Å². The van der Waals surface area contributed by atoms with Crippen LogP contribution in [0.1, 0.15) is 226 Å². The van der Waals surface area contributed by atoms with Gasteiger partial charge in [-0.05, 0) is 85.8 Å². The summed E-state index contributed by atoms with van der Waals surface area (Å²) in [4.78, 5) is 216. The molecule has 13 bridgehead atoms. The first-order valence-electron chi connectivity index (χ1n) is 36.3. The lowest BCUT2D eigenvalue weighted by Gasteiger charge is -2.41. The molecule has 0 aromatic carbocycles. The molecule has 16 atom stereocenters. The van der Waals surface area contributed by atoms with E-state index in [0.717, 1.165) is 63.6 Å². The van der Waals surface area contributed by atoms with Crippen LogP contribution in [0.4, 0.5) is 0 Å². The monoisotopic (exact) mass is 1700 g/mol. The Labute approximate surface area is 687 Å². The smallest absolute Gasteiger partial charge is 0.357 e. The Morgan fingerprint density at radius 1 is 0.744 bits per heavy atom. The number of thiazole rings is 5. The Hall–Kier alpha value is -11.4. The van der Waals surface area contributed by atoms with Crippen LogP contribution in [-0.4, -0.2) is 187 Å². The Kier molecular flexibility index (Phi) is 27.4. The first kappa shape index (κ1) is 88.0. The first-order chi connectivity index (χ1) is 55.1. The van der Waals surface area contributed by atoms with E-state index in [-0.39, 0.29) is 88.9 Å². The summed E-state index contributed by atoms with van der Waals surface area (Å²) in [7, 11) is 0. The second-order valence-electron chi connectivity index (χ2n) is 28.1. The zero-order chi connectivity index (χ0) is 85.7. The van der Waals surface area contributed by atoms with Gasteiger partial charge in [0.2, 0.25) is 23.6 Å². The molecule has 17 N–H and O–H groups in total. The van der Waals surface area contributed by atoms with Gasteiger partial charge in [-0.1, -0.05) is 58.2 Å². The summed E-state index contributed by atoms with van der Waals surface area (Å²) < 4.78 is 11.7. The summed E-state index contributed by atoms with van der Waals surface area (Å²) >= 11 is 4.19. The molecule has 43 heteroatoms. The van der Waals surface area contributed by atoms with Crippen LogP contribution in [0.3, 0.4) is 0 Å². The van der Waals surface area contributed by atoms with Crippen molar-refractivity contribution in [2.75, 3.05) is 0 Å². The molecule has 6 aromatic heterocycles. The molecule has 1 aliphatic carbocycles. The third-order valence-corrected chi connectivity index (χ3v) is 24.2.